The van der Waals surface area contributed by atoms with E-state index in [1.807, 2.05) is 43.3 Å². The van der Waals surface area contributed by atoms with Crippen molar-refractivity contribution in [2.45, 2.75) is 6.92 Å². The second-order valence-electron chi connectivity index (χ2n) is 5.79. The minimum Gasteiger partial charge on any atom is -0.456 e. The van der Waals surface area contributed by atoms with Crippen molar-refractivity contribution in [3.8, 4) is 11.5 Å². The third kappa shape index (κ3) is 5.07. The van der Waals surface area contributed by atoms with Gasteiger partial charge in [-0.2, -0.15) is 0 Å². The zero-order chi connectivity index (χ0) is 19.8. The Kier molecular flexibility index (Phi) is 6.20. The van der Waals surface area contributed by atoms with E-state index in [-0.39, 0.29) is 29.1 Å². The fourth-order valence-electron chi connectivity index (χ4n) is 2.42. The number of carbonyl (C=O) groups is 2. The number of nitrogens with zero attached hydrogens (tertiary/aromatic N) is 1. The van der Waals surface area contributed by atoms with Gasteiger partial charge < -0.3 is 15.4 Å². The fourth-order valence-corrected chi connectivity index (χ4v) is 2.42. The first-order valence-corrected chi connectivity index (χ1v) is 8.80. The van der Waals surface area contributed by atoms with Gasteiger partial charge in [-0.15, -0.1) is 0 Å². The molecule has 3 aromatic rings. The quantitative estimate of drug-likeness (QED) is 0.599. The summed E-state index contributed by atoms with van der Waals surface area (Å²) < 4.78 is 5.88. The highest BCUT2D eigenvalue weighted by atomic mass is 16.5. The summed E-state index contributed by atoms with van der Waals surface area (Å²) in [6.45, 7) is 2.30. The first-order valence-electron chi connectivity index (χ1n) is 8.80. The van der Waals surface area contributed by atoms with Gasteiger partial charge in [-0.1, -0.05) is 36.4 Å². The first kappa shape index (κ1) is 18.9. The fraction of sp³-hybridized carbons (Fsp3) is 0.0952. The molecule has 0 aliphatic rings. The third-order valence-electron chi connectivity index (χ3n) is 3.69. The smallest absolute Gasteiger partial charge is 0.320 e. The SMILES string of the molecule is CCNC(=O)Nc1cc(Oc2ccccc2)c(C(=O)Nc2ccccc2)cn1. The highest BCUT2D eigenvalue weighted by Gasteiger charge is 2.16. The number of rotatable bonds is 6. The molecule has 2 aromatic carbocycles. The molecule has 0 saturated carbocycles. The number of carbonyl (C=O) groups excluding carboxylic acids is 2. The van der Waals surface area contributed by atoms with Gasteiger partial charge in [0, 0.05) is 24.5 Å². The molecule has 0 aliphatic carbocycles. The maximum absolute atomic E-state index is 12.7. The van der Waals surface area contributed by atoms with Crippen LogP contribution in [0.3, 0.4) is 0 Å². The molecule has 7 nitrogen and oxygen atoms in total. The van der Waals surface area contributed by atoms with Crippen LogP contribution in [-0.2, 0) is 0 Å². The third-order valence-corrected chi connectivity index (χ3v) is 3.69. The van der Waals surface area contributed by atoms with Crippen LogP contribution in [0.15, 0.2) is 72.9 Å². The molecule has 0 spiro atoms. The summed E-state index contributed by atoms with van der Waals surface area (Å²) in [4.78, 5) is 28.6. The molecule has 0 fully saturated rings. The average molecular weight is 376 g/mol. The van der Waals surface area contributed by atoms with Gasteiger partial charge in [0.2, 0.25) is 0 Å². The van der Waals surface area contributed by atoms with Gasteiger partial charge >= 0.3 is 6.03 Å². The summed E-state index contributed by atoms with van der Waals surface area (Å²) in [6.07, 6.45) is 1.37. The van der Waals surface area contributed by atoms with E-state index in [1.54, 1.807) is 24.3 Å². The molecule has 0 aliphatic heterocycles. The second-order valence-corrected chi connectivity index (χ2v) is 5.79. The molecular weight excluding hydrogens is 356 g/mol. The highest BCUT2D eigenvalue weighted by molar-refractivity contribution is 6.06. The summed E-state index contributed by atoms with van der Waals surface area (Å²) in [7, 11) is 0. The standard InChI is InChI=1S/C21H20N4O3/c1-2-22-21(27)25-19-13-18(28-16-11-7-4-8-12-16)17(14-23-19)20(26)24-15-9-5-3-6-10-15/h3-14H,2H2,1H3,(H,24,26)(H2,22,23,25,27). The molecule has 3 rings (SSSR count). The Morgan fingerprint density at radius 2 is 1.64 bits per heavy atom. The Hall–Kier alpha value is -3.87. The number of nitrogens with one attached hydrogen (secondary N) is 3. The van der Waals surface area contributed by atoms with Gasteiger partial charge in [0.15, 0.2) is 0 Å². The van der Waals surface area contributed by atoms with Crippen LogP contribution in [0.1, 0.15) is 17.3 Å². The molecule has 142 valence electrons. The van der Waals surface area contributed by atoms with Crippen LogP contribution in [0.25, 0.3) is 0 Å². The van der Waals surface area contributed by atoms with E-state index in [2.05, 4.69) is 20.9 Å². The van der Waals surface area contributed by atoms with Gasteiger partial charge in [-0.05, 0) is 31.2 Å². The summed E-state index contributed by atoms with van der Waals surface area (Å²) in [6, 6.07) is 19.3. The highest BCUT2D eigenvalue weighted by Crippen LogP contribution is 2.28. The van der Waals surface area contributed by atoms with Crippen LogP contribution in [0.2, 0.25) is 0 Å². The predicted molar refractivity (Wildman–Crippen MR) is 108 cm³/mol. The largest absolute Gasteiger partial charge is 0.456 e. The molecule has 1 heterocycles. The van der Waals surface area contributed by atoms with Crippen molar-refractivity contribution < 1.29 is 14.3 Å². The maximum Gasteiger partial charge on any atom is 0.320 e. The Labute approximate surface area is 162 Å². The monoisotopic (exact) mass is 376 g/mol. The van der Waals surface area contributed by atoms with E-state index >= 15 is 0 Å². The number of urea groups is 1. The Bertz CT molecular complexity index is 946. The number of aromatic nitrogens is 1. The van der Waals surface area contributed by atoms with Crippen molar-refractivity contribution in [3.05, 3.63) is 78.5 Å². The number of ether oxygens (including phenoxy) is 1. The molecule has 0 radical (unpaired) electrons. The van der Waals surface area contributed by atoms with Gasteiger partial charge in [0.1, 0.15) is 22.9 Å². The van der Waals surface area contributed by atoms with E-state index in [4.69, 9.17) is 4.74 Å². The second kappa shape index (κ2) is 9.18. The normalized spacial score (nSPS) is 10.0. The van der Waals surface area contributed by atoms with Crippen molar-refractivity contribution >= 4 is 23.4 Å². The molecular formula is C21H20N4O3. The average Bonchev–Trinajstić information content (AvgIpc) is 2.70. The van der Waals surface area contributed by atoms with E-state index < -0.39 is 0 Å². The number of para-hydroxylation sites is 2. The van der Waals surface area contributed by atoms with Crippen LogP contribution in [0.4, 0.5) is 16.3 Å². The minimum atomic E-state index is -0.387. The van der Waals surface area contributed by atoms with Crippen molar-refractivity contribution in [2.75, 3.05) is 17.2 Å². The van der Waals surface area contributed by atoms with Crippen LogP contribution in [-0.4, -0.2) is 23.5 Å². The molecule has 0 atom stereocenters. The van der Waals surface area contributed by atoms with Crippen LogP contribution < -0.4 is 20.7 Å². The first-order chi connectivity index (χ1) is 13.7. The molecule has 0 bridgehead atoms. The maximum atomic E-state index is 12.7. The van der Waals surface area contributed by atoms with Gasteiger partial charge in [0.05, 0.1) is 0 Å². The molecule has 3 N–H and O–H groups in total. The van der Waals surface area contributed by atoms with Crippen molar-refractivity contribution in [3.63, 3.8) is 0 Å². The lowest BCUT2D eigenvalue weighted by Gasteiger charge is -2.13. The van der Waals surface area contributed by atoms with Crippen molar-refractivity contribution in [2.24, 2.45) is 0 Å². The number of benzene rings is 2. The van der Waals surface area contributed by atoms with E-state index in [9.17, 15) is 9.59 Å². The zero-order valence-electron chi connectivity index (χ0n) is 15.3. The van der Waals surface area contributed by atoms with Gasteiger partial charge in [-0.25, -0.2) is 9.78 Å². The molecule has 0 unspecified atom stereocenters. The topological polar surface area (TPSA) is 92.4 Å². The van der Waals surface area contributed by atoms with Gasteiger partial charge in [0.25, 0.3) is 5.91 Å². The van der Waals surface area contributed by atoms with E-state index in [0.29, 0.717) is 18.0 Å². The van der Waals surface area contributed by atoms with Gasteiger partial charge in [-0.3, -0.25) is 10.1 Å². The summed E-state index contributed by atoms with van der Waals surface area (Å²) in [5.41, 5.74) is 0.900. The molecule has 3 amide bonds. The van der Waals surface area contributed by atoms with E-state index in [1.165, 1.54) is 12.3 Å². The Morgan fingerprint density at radius 1 is 0.964 bits per heavy atom. The van der Waals surface area contributed by atoms with Crippen LogP contribution >= 0.6 is 0 Å². The summed E-state index contributed by atoms with van der Waals surface area (Å²) >= 11 is 0. The lowest BCUT2D eigenvalue weighted by atomic mass is 10.2. The summed E-state index contributed by atoms with van der Waals surface area (Å²) in [5.74, 6) is 0.746. The van der Waals surface area contributed by atoms with E-state index in [0.717, 1.165) is 0 Å². The minimum absolute atomic E-state index is 0.245. The van der Waals surface area contributed by atoms with Crippen LogP contribution in [0, 0.1) is 0 Å². The molecule has 7 heteroatoms. The molecule has 1 aromatic heterocycles. The number of pyridine rings is 1. The van der Waals surface area contributed by atoms with Crippen LogP contribution in [0.5, 0.6) is 11.5 Å². The van der Waals surface area contributed by atoms with Crippen molar-refractivity contribution in [1.82, 2.24) is 10.3 Å². The molecule has 0 saturated heterocycles. The lowest BCUT2D eigenvalue weighted by Crippen LogP contribution is -2.28. The number of anilines is 2. The molecule has 28 heavy (non-hydrogen) atoms. The number of hydrogen-bond acceptors (Lipinski definition) is 4. The number of hydrogen-bond donors (Lipinski definition) is 3. The predicted octanol–water partition coefficient (Wildman–Crippen LogP) is 4.27. The zero-order valence-corrected chi connectivity index (χ0v) is 15.3. The summed E-state index contributed by atoms with van der Waals surface area (Å²) in [5, 5.41) is 8.04. The number of amides is 3. The Morgan fingerprint density at radius 3 is 2.32 bits per heavy atom. The lowest BCUT2D eigenvalue weighted by molar-refractivity contribution is 0.102. The Balaban J connectivity index is 1.88. The van der Waals surface area contributed by atoms with Crippen molar-refractivity contribution in [1.29, 1.82) is 0 Å².